The van der Waals surface area contributed by atoms with Crippen molar-refractivity contribution < 1.29 is 4.79 Å². The first kappa shape index (κ1) is 24.6. The van der Waals surface area contributed by atoms with E-state index in [0.29, 0.717) is 21.3 Å². The lowest BCUT2D eigenvalue weighted by atomic mass is 9.93. The van der Waals surface area contributed by atoms with Crippen LogP contribution in [0.3, 0.4) is 0 Å². The molecule has 1 fully saturated rings. The third-order valence-corrected chi connectivity index (χ3v) is 6.49. The minimum Gasteiger partial charge on any atom is -0.341 e. The molecule has 9 heteroatoms. The quantitative estimate of drug-likeness (QED) is 0.522. The topological polar surface area (TPSA) is 58.4 Å². The molecule has 0 atom stereocenters. The summed E-state index contributed by atoms with van der Waals surface area (Å²) in [5, 5.41) is 0.458. The Morgan fingerprint density at radius 2 is 1.97 bits per heavy atom. The summed E-state index contributed by atoms with van der Waals surface area (Å²) >= 11 is 7.05. The number of rotatable bonds is 9. The van der Waals surface area contributed by atoms with E-state index in [-0.39, 0.29) is 29.7 Å². The molecule has 2 aromatic rings. The van der Waals surface area contributed by atoms with Crippen molar-refractivity contribution in [1.29, 1.82) is 0 Å². The zero-order valence-corrected chi connectivity index (χ0v) is 19.4. The highest BCUT2D eigenvalue weighted by atomic mass is 35.5. The molecule has 6 nitrogen and oxygen atoms in total. The summed E-state index contributed by atoms with van der Waals surface area (Å²) < 4.78 is 1.48. The predicted molar refractivity (Wildman–Crippen MR) is 127 cm³/mol. The highest BCUT2D eigenvalue weighted by molar-refractivity contribution is 7.16. The zero-order chi connectivity index (χ0) is 20.8. The summed E-state index contributed by atoms with van der Waals surface area (Å²) in [6.45, 7) is 11.9. The summed E-state index contributed by atoms with van der Waals surface area (Å²) in [7, 11) is 0. The van der Waals surface area contributed by atoms with Gasteiger partial charge in [0, 0.05) is 32.4 Å². The van der Waals surface area contributed by atoms with Crippen molar-refractivity contribution in [2.24, 2.45) is 5.92 Å². The van der Waals surface area contributed by atoms with Gasteiger partial charge in [0.25, 0.3) is 0 Å². The van der Waals surface area contributed by atoms with E-state index in [0.717, 1.165) is 63.3 Å². The Balaban J connectivity index is 0.00000320. The van der Waals surface area contributed by atoms with Gasteiger partial charge in [0.15, 0.2) is 0 Å². The van der Waals surface area contributed by atoms with E-state index < -0.39 is 0 Å². The number of hydrogen-bond acceptors (Lipinski definition) is 5. The standard InChI is InChI=1S/C21H27ClN4O2S.ClH/c1-3-8-24(9-4-2)10-5-16-6-11-25(12-7-16)19(27)15-26-18-13-17(22)14-23-20(18)29-21(26)28;/h3-4,13-14,16H,1-2,5-12,15H2;1H. The van der Waals surface area contributed by atoms with E-state index in [1.165, 1.54) is 10.8 Å². The van der Waals surface area contributed by atoms with Gasteiger partial charge in [-0.25, -0.2) is 4.98 Å². The summed E-state index contributed by atoms with van der Waals surface area (Å²) in [6.07, 6.45) is 8.46. The Morgan fingerprint density at radius 3 is 2.60 bits per heavy atom. The number of nitrogens with zero attached hydrogens (tertiary/aromatic N) is 4. The molecule has 1 aliphatic rings. The predicted octanol–water partition coefficient (Wildman–Crippen LogP) is 3.84. The van der Waals surface area contributed by atoms with Crippen molar-refractivity contribution in [1.82, 2.24) is 19.4 Å². The summed E-state index contributed by atoms with van der Waals surface area (Å²) in [4.78, 5) is 33.9. The van der Waals surface area contributed by atoms with Crippen molar-refractivity contribution in [3.8, 4) is 0 Å². The minimum absolute atomic E-state index is 0. The maximum absolute atomic E-state index is 12.8. The molecule has 1 amide bonds. The lowest BCUT2D eigenvalue weighted by Crippen LogP contribution is -2.41. The molecule has 164 valence electrons. The van der Waals surface area contributed by atoms with E-state index >= 15 is 0 Å². The lowest BCUT2D eigenvalue weighted by molar-refractivity contribution is -0.133. The number of piperidine rings is 1. The molecule has 0 aliphatic carbocycles. The molecule has 0 saturated carbocycles. The number of pyridine rings is 1. The second-order valence-electron chi connectivity index (χ2n) is 7.38. The van der Waals surface area contributed by atoms with Crippen LogP contribution in [-0.2, 0) is 11.3 Å². The zero-order valence-electron chi connectivity index (χ0n) is 17.0. The molecule has 0 spiro atoms. The van der Waals surface area contributed by atoms with Gasteiger partial charge in [-0.1, -0.05) is 35.1 Å². The van der Waals surface area contributed by atoms with Crippen molar-refractivity contribution >= 4 is 51.6 Å². The Kier molecular flexibility index (Phi) is 9.55. The maximum atomic E-state index is 12.8. The van der Waals surface area contributed by atoms with Crippen molar-refractivity contribution in [3.63, 3.8) is 0 Å². The number of halogens is 2. The molecule has 0 radical (unpaired) electrons. The second kappa shape index (κ2) is 11.6. The fourth-order valence-electron chi connectivity index (χ4n) is 3.77. The third-order valence-electron chi connectivity index (χ3n) is 5.38. The van der Waals surface area contributed by atoms with Crippen LogP contribution in [0.25, 0.3) is 10.3 Å². The molecule has 3 rings (SSSR count). The Bertz CT molecular complexity index is 925. The number of aromatic nitrogens is 2. The third kappa shape index (κ3) is 6.17. The van der Waals surface area contributed by atoms with Gasteiger partial charge in [-0.2, -0.15) is 0 Å². The van der Waals surface area contributed by atoms with Gasteiger partial charge in [-0.15, -0.1) is 25.6 Å². The smallest absolute Gasteiger partial charge is 0.310 e. The fraction of sp³-hybridized carbons (Fsp3) is 0.476. The highest BCUT2D eigenvalue weighted by Crippen LogP contribution is 2.22. The number of hydrogen-bond donors (Lipinski definition) is 0. The Morgan fingerprint density at radius 1 is 1.30 bits per heavy atom. The maximum Gasteiger partial charge on any atom is 0.310 e. The molecule has 2 aromatic heterocycles. The number of fused-ring (bicyclic) bond motifs is 1. The SMILES string of the molecule is C=CCN(CC=C)CCC1CCN(C(=O)Cn2c(=O)sc3ncc(Cl)cc32)CC1.Cl. The van der Waals surface area contributed by atoms with E-state index in [9.17, 15) is 9.59 Å². The van der Waals surface area contributed by atoms with Crippen LogP contribution in [0.1, 0.15) is 19.3 Å². The largest absolute Gasteiger partial charge is 0.341 e. The number of carbonyl (C=O) groups excluding carboxylic acids is 1. The van der Waals surface area contributed by atoms with E-state index in [1.54, 1.807) is 6.07 Å². The van der Waals surface area contributed by atoms with Crippen molar-refractivity contribution in [2.75, 3.05) is 32.7 Å². The van der Waals surface area contributed by atoms with Crippen LogP contribution in [0.15, 0.2) is 42.4 Å². The summed E-state index contributed by atoms with van der Waals surface area (Å²) in [6, 6.07) is 1.69. The van der Waals surface area contributed by atoms with Gasteiger partial charge >= 0.3 is 4.87 Å². The number of thiazole rings is 1. The molecule has 1 aliphatic heterocycles. The monoisotopic (exact) mass is 470 g/mol. The van der Waals surface area contributed by atoms with Crippen LogP contribution in [0.4, 0.5) is 0 Å². The Labute approximate surface area is 192 Å². The molecule has 30 heavy (non-hydrogen) atoms. The van der Waals surface area contributed by atoms with Gasteiger partial charge in [-0.3, -0.25) is 19.1 Å². The van der Waals surface area contributed by atoms with Gasteiger partial charge in [-0.05, 0) is 37.8 Å². The average molecular weight is 471 g/mol. The van der Waals surface area contributed by atoms with E-state index in [1.807, 2.05) is 17.1 Å². The Hall–Kier alpha value is -1.67. The van der Waals surface area contributed by atoms with Gasteiger partial charge in [0.1, 0.15) is 11.4 Å². The molecule has 0 N–H and O–H groups in total. The van der Waals surface area contributed by atoms with E-state index in [2.05, 4.69) is 23.0 Å². The van der Waals surface area contributed by atoms with Crippen molar-refractivity contribution in [2.45, 2.75) is 25.8 Å². The first-order chi connectivity index (χ1) is 14.0. The van der Waals surface area contributed by atoms with Gasteiger partial charge < -0.3 is 4.90 Å². The van der Waals surface area contributed by atoms with Crippen molar-refractivity contribution in [3.05, 3.63) is 52.3 Å². The average Bonchev–Trinajstić information content (AvgIpc) is 3.01. The molecule has 0 aromatic carbocycles. The number of carbonyl (C=O) groups is 1. The summed E-state index contributed by atoms with van der Waals surface area (Å²) in [5.74, 6) is 0.592. The molecular formula is C21H28Cl2N4O2S. The molecular weight excluding hydrogens is 443 g/mol. The normalized spacial score (nSPS) is 14.7. The first-order valence-electron chi connectivity index (χ1n) is 9.88. The lowest BCUT2D eigenvalue weighted by Gasteiger charge is -2.33. The second-order valence-corrected chi connectivity index (χ2v) is 8.76. The highest BCUT2D eigenvalue weighted by Gasteiger charge is 2.24. The van der Waals surface area contributed by atoms with Crippen LogP contribution in [0.5, 0.6) is 0 Å². The van der Waals surface area contributed by atoms with Gasteiger partial charge in [0.2, 0.25) is 5.91 Å². The first-order valence-corrected chi connectivity index (χ1v) is 11.1. The van der Waals surface area contributed by atoms with Crippen LogP contribution in [-0.4, -0.2) is 58.0 Å². The summed E-state index contributed by atoms with van der Waals surface area (Å²) in [5.41, 5.74) is 0.625. The van der Waals surface area contributed by atoms with E-state index in [4.69, 9.17) is 11.6 Å². The molecule has 0 unspecified atom stereocenters. The van der Waals surface area contributed by atoms with Crippen LogP contribution in [0.2, 0.25) is 5.02 Å². The fourth-order valence-corrected chi connectivity index (χ4v) is 4.74. The number of likely N-dealkylation sites (tertiary alicyclic amines) is 1. The van der Waals surface area contributed by atoms with Crippen LogP contribution < -0.4 is 4.87 Å². The van der Waals surface area contributed by atoms with Crippen LogP contribution >= 0.6 is 35.3 Å². The molecule has 3 heterocycles. The van der Waals surface area contributed by atoms with Crippen LogP contribution in [0, 0.1) is 5.92 Å². The van der Waals surface area contributed by atoms with Gasteiger partial charge in [0.05, 0.1) is 10.5 Å². The number of amides is 1. The minimum atomic E-state index is -0.178. The molecule has 1 saturated heterocycles. The molecule has 0 bridgehead atoms.